The number of nitrogens with zero attached hydrogens (tertiary/aromatic N) is 2. The molecule has 1 atom stereocenters. The molecule has 1 saturated heterocycles. The van der Waals surface area contributed by atoms with Crippen LogP contribution in [0, 0.1) is 0 Å². The highest BCUT2D eigenvalue weighted by Gasteiger charge is 2.31. The summed E-state index contributed by atoms with van der Waals surface area (Å²) in [5.41, 5.74) is 0.147. The van der Waals surface area contributed by atoms with Gasteiger partial charge in [0.25, 0.3) is 5.91 Å². The molecule has 0 saturated carbocycles. The molecule has 2 aliphatic rings. The van der Waals surface area contributed by atoms with E-state index in [1.807, 2.05) is 32.9 Å². The number of hydrogen-bond donors (Lipinski definition) is 0. The van der Waals surface area contributed by atoms with E-state index in [0.717, 1.165) is 4.48 Å². The SMILES string of the molecule is COC1CC(Br)=CC=C1C(=O)N1CCN(C(=O)OC(C)(C)C)CC1. The van der Waals surface area contributed by atoms with Crippen LogP contribution in [0.15, 0.2) is 22.2 Å². The molecule has 24 heavy (non-hydrogen) atoms. The van der Waals surface area contributed by atoms with E-state index in [-0.39, 0.29) is 18.1 Å². The van der Waals surface area contributed by atoms with Crippen molar-refractivity contribution in [1.29, 1.82) is 0 Å². The van der Waals surface area contributed by atoms with E-state index >= 15 is 0 Å². The van der Waals surface area contributed by atoms with Gasteiger partial charge in [-0.3, -0.25) is 4.79 Å². The predicted molar refractivity (Wildman–Crippen MR) is 94.9 cm³/mol. The van der Waals surface area contributed by atoms with Gasteiger partial charge in [0.15, 0.2) is 0 Å². The molecule has 0 N–H and O–H groups in total. The molecule has 1 fully saturated rings. The fraction of sp³-hybridized carbons (Fsp3) is 0.647. The zero-order chi connectivity index (χ0) is 17.9. The Morgan fingerprint density at radius 2 is 1.71 bits per heavy atom. The summed E-state index contributed by atoms with van der Waals surface area (Å²) >= 11 is 3.44. The topological polar surface area (TPSA) is 59.1 Å². The summed E-state index contributed by atoms with van der Waals surface area (Å²) in [7, 11) is 1.61. The van der Waals surface area contributed by atoms with Crippen molar-refractivity contribution in [3.05, 3.63) is 22.2 Å². The van der Waals surface area contributed by atoms with Crippen molar-refractivity contribution < 1.29 is 19.1 Å². The van der Waals surface area contributed by atoms with Gasteiger partial charge in [-0.25, -0.2) is 4.79 Å². The van der Waals surface area contributed by atoms with Crippen LogP contribution in [0.4, 0.5) is 4.79 Å². The predicted octanol–water partition coefficient (Wildman–Crippen LogP) is 2.69. The number of carbonyl (C=O) groups is 2. The summed E-state index contributed by atoms with van der Waals surface area (Å²) in [6, 6.07) is 0. The van der Waals surface area contributed by atoms with Crippen molar-refractivity contribution in [2.75, 3.05) is 33.3 Å². The van der Waals surface area contributed by atoms with Gasteiger partial charge in [0.2, 0.25) is 0 Å². The van der Waals surface area contributed by atoms with Crippen LogP contribution in [0.25, 0.3) is 0 Å². The van der Waals surface area contributed by atoms with Crippen molar-refractivity contribution in [2.24, 2.45) is 0 Å². The van der Waals surface area contributed by atoms with Crippen LogP contribution in [-0.4, -0.2) is 66.8 Å². The van der Waals surface area contributed by atoms with Crippen LogP contribution < -0.4 is 0 Å². The quantitative estimate of drug-likeness (QED) is 0.714. The van der Waals surface area contributed by atoms with E-state index in [4.69, 9.17) is 9.47 Å². The molecular formula is C17H25BrN2O4. The maximum Gasteiger partial charge on any atom is 0.410 e. The summed E-state index contributed by atoms with van der Waals surface area (Å²) < 4.78 is 11.8. The Morgan fingerprint density at radius 1 is 1.12 bits per heavy atom. The Morgan fingerprint density at radius 3 is 2.25 bits per heavy atom. The summed E-state index contributed by atoms with van der Waals surface area (Å²) in [4.78, 5) is 28.2. The normalized spacial score (nSPS) is 22.0. The van der Waals surface area contributed by atoms with Crippen LogP contribution in [0.2, 0.25) is 0 Å². The molecule has 1 aliphatic carbocycles. The van der Waals surface area contributed by atoms with Gasteiger partial charge in [-0.05, 0) is 25.3 Å². The smallest absolute Gasteiger partial charge is 0.410 e. The Bertz CT molecular complexity index is 557. The lowest BCUT2D eigenvalue weighted by Crippen LogP contribution is -2.52. The minimum Gasteiger partial charge on any atom is -0.444 e. The third kappa shape index (κ3) is 4.83. The van der Waals surface area contributed by atoms with Gasteiger partial charge in [-0.15, -0.1) is 0 Å². The van der Waals surface area contributed by atoms with Crippen molar-refractivity contribution in [2.45, 2.75) is 38.9 Å². The largest absolute Gasteiger partial charge is 0.444 e. The minimum atomic E-state index is -0.512. The number of hydrogen-bond acceptors (Lipinski definition) is 4. The van der Waals surface area contributed by atoms with E-state index < -0.39 is 5.60 Å². The molecule has 0 aromatic heterocycles. The molecule has 0 spiro atoms. The van der Waals surface area contributed by atoms with Crippen LogP contribution in [-0.2, 0) is 14.3 Å². The highest BCUT2D eigenvalue weighted by molar-refractivity contribution is 9.11. The summed E-state index contributed by atoms with van der Waals surface area (Å²) in [6.45, 7) is 7.48. The number of piperazine rings is 1. The van der Waals surface area contributed by atoms with Gasteiger partial charge in [-0.1, -0.05) is 28.1 Å². The van der Waals surface area contributed by atoms with Gasteiger partial charge in [0.05, 0.1) is 6.10 Å². The number of amides is 2. The Balaban J connectivity index is 1.94. The number of methoxy groups -OCH3 is 1. The van der Waals surface area contributed by atoms with Gasteiger partial charge < -0.3 is 19.3 Å². The number of halogens is 1. The molecule has 0 aromatic rings. The maximum atomic E-state index is 12.7. The fourth-order valence-electron chi connectivity index (χ4n) is 2.66. The summed E-state index contributed by atoms with van der Waals surface area (Å²) in [5.74, 6) is -0.0260. The first-order valence-corrected chi connectivity index (χ1v) is 8.87. The monoisotopic (exact) mass is 400 g/mol. The van der Waals surface area contributed by atoms with Gasteiger partial charge in [-0.2, -0.15) is 0 Å². The molecule has 6 nitrogen and oxygen atoms in total. The molecule has 134 valence electrons. The zero-order valence-electron chi connectivity index (χ0n) is 14.7. The molecule has 0 bridgehead atoms. The van der Waals surface area contributed by atoms with E-state index in [2.05, 4.69) is 15.9 Å². The Labute approximate surface area is 151 Å². The summed E-state index contributed by atoms with van der Waals surface area (Å²) in [5, 5.41) is 0. The Hall–Kier alpha value is -1.34. The lowest BCUT2D eigenvalue weighted by atomic mass is 10.00. The number of allylic oxidation sites excluding steroid dienone is 2. The van der Waals surface area contributed by atoms with Crippen molar-refractivity contribution in [3.8, 4) is 0 Å². The molecule has 1 heterocycles. The van der Waals surface area contributed by atoms with Gasteiger partial charge >= 0.3 is 6.09 Å². The third-order valence-electron chi connectivity index (χ3n) is 3.92. The molecule has 7 heteroatoms. The van der Waals surface area contributed by atoms with E-state index in [1.54, 1.807) is 16.9 Å². The molecule has 1 aliphatic heterocycles. The second-order valence-corrected chi connectivity index (χ2v) is 7.94. The molecular weight excluding hydrogens is 376 g/mol. The van der Waals surface area contributed by atoms with Crippen molar-refractivity contribution in [3.63, 3.8) is 0 Å². The van der Waals surface area contributed by atoms with Crippen molar-refractivity contribution >= 4 is 27.9 Å². The van der Waals surface area contributed by atoms with Crippen LogP contribution in [0.5, 0.6) is 0 Å². The number of rotatable bonds is 2. The van der Waals surface area contributed by atoms with Crippen LogP contribution >= 0.6 is 15.9 Å². The molecule has 2 amide bonds. The summed E-state index contributed by atoms with van der Waals surface area (Å²) in [6.07, 6.45) is 3.80. The second-order valence-electron chi connectivity index (χ2n) is 6.92. The van der Waals surface area contributed by atoms with Crippen LogP contribution in [0.3, 0.4) is 0 Å². The highest BCUT2D eigenvalue weighted by Crippen LogP contribution is 2.26. The average molecular weight is 401 g/mol. The molecule has 0 aromatic carbocycles. The van der Waals surface area contributed by atoms with Crippen molar-refractivity contribution in [1.82, 2.24) is 9.80 Å². The van der Waals surface area contributed by atoms with E-state index in [1.165, 1.54) is 0 Å². The van der Waals surface area contributed by atoms with Gasteiger partial charge in [0, 0.05) is 45.3 Å². The number of carbonyl (C=O) groups excluding carboxylic acids is 2. The van der Waals surface area contributed by atoms with Crippen LogP contribution in [0.1, 0.15) is 27.2 Å². The average Bonchev–Trinajstić information content (AvgIpc) is 2.52. The van der Waals surface area contributed by atoms with E-state index in [0.29, 0.717) is 38.2 Å². The van der Waals surface area contributed by atoms with Gasteiger partial charge in [0.1, 0.15) is 5.60 Å². The first-order valence-electron chi connectivity index (χ1n) is 8.07. The lowest BCUT2D eigenvalue weighted by Gasteiger charge is -2.36. The first-order chi connectivity index (χ1) is 11.2. The highest BCUT2D eigenvalue weighted by atomic mass is 79.9. The lowest BCUT2D eigenvalue weighted by molar-refractivity contribution is -0.130. The van der Waals surface area contributed by atoms with E-state index in [9.17, 15) is 9.59 Å². The fourth-order valence-corrected chi connectivity index (χ4v) is 3.09. The second kappa shape index (κ2) is 7.70. The maximum absolute atomic E-state index is 12.7. The molecule has 1 unspecified atom stereocenters. The Kier molecular flexibility index (Phi) is 6.09. The zero-order valence-corrected chi connectivity index (χ0v) is 16.3. The first kappa shape index (κ1) is 19.0. The molecule has 2 rings (SSSR count). The molecule has 0 radical (unpaired) electrons. The number of ether oxygens (including phenoxy) is 2. The standard InChI is InChI=1S/C17H25BrN2O4/c1-17(2,3)24-16(22)20-9-7-19(8-10-20)15(21)13-6-5-12(18)11-14(13)23-4/h5-6,14H,7-11H2,1-4H3. The third-order valence-corrected chi connectivity index (χ3v) is 4.51. The minimum absolute atomic E-state index is 0.0260.